The van der Waals surface area contributed by atoms with Gasteiger partial charge in [0.2, 0.25) is 0 Å². The maximum atomic E-state index is 5.33. The van der Waals surface area contributed by atoms with E-state index in [1.807, 2.05) is 0 Å². The molecule has 0 aromatic heterocycles. The van der Waals surface area contributed by atoms with Crippen molar-refractivity contribution in [3.63, 3.8) is 0 Å². The lowest BCUT2D eigenvalue weighted by Gasteiger charge is -2.19. The first-order valence-corrected chi connectivity index (χ1v) is 12.4. The van der Waals surface area contributed by atoms with Gasteiger partial charge < -0.3 is 4.74 Å². The van der Waals surface area contributed by atoms with Crippen LogP contribution in [0, 0.1) is 0 Å². The van der Waals surface area contributed by atoms with Crippen molar-refractivity contribution in [3.8, 4) is 5.75 Å². The van der Waals surface area contributed by atoms with E-state index >= 15 is 0 Å². The molecule has 0 aliphatic rings. The summed E-state index contributed by atoms with van der Waals surface area (Å²) in [5, 5.41) is 1.58. The summed E-state index contributed by atoms with van der Waals surface area (Å²) in [6, 6.07) is 8.93. The molecule has 0 spiro atoms. The lowest BCUT2D eigenvalue weighted by Crippen LogP contribution is -2.07. The van der Waals surface area contributed by atoms with E-state index in [1.165, 1.54) is 89.4 Å². The average molecular weight is 365 g/mol. The second-order valence-electron chi connectivity index (χ2n) is 7.22. The first-order chi connectivity index (χ1) is 12.3. The van der Waals surface area contributed by atoms with Crippen LogP contribution in [0.25, 0.3) is 0 Å². The Kier molecular flexibility index (Phi) is 14.1. The van der Waals surface area contributed by atoms with Crippen molar-refractivity contribution in [2.24, 2.45) is 0 Å². The maximum absolute atomic E-state index is 5.33. The Morgan fingerprint density at radius 1 is 0.640 bits per heavy atom. The molecule has 0 unspecified atom stereocenters. The van der Waals surface area contributed by atoms with E-state index in [0.717, 1.165) is 5.75 Å². The molecule has 1 aromatic rings. The minimum absolute atomic E-state index is 0.0223. The number of hydrogen-bond donors (Lipinski definition) is 0. The van der Waals surface area contributed by atoms with E-state index in [-0.39, 0.29) is 7.92 Å². The van der Waals surface area contributed by atoms with Crippen LogP contribution in [0.3, 0.4) is 0 Å². The van der Waals surface area contributed by atoms with Gasteiger partial charge in [0.05, 0.1) is 7.11 Å². The lowest BCUT2D eigenvalue weighted by molar-refractivity contribution is 0.415. The summed E-state index contributed by atoms with van der Waals surface area (Å²) >= 11 is 0. The molecule has 0 saturated heterocycles. The fourth-order valence-electron chi connectivity index (χ4n) is 3.33. The van der Waals surface area contributed by atoms with Gasteiger partial charge in [-0.25, -0.2) is 0 Å². The Bertz CT molecular complexity index is 385. The van der Waals surface area contributed by atoms with Crippen molar-refractivity contribution < 1.29 is 4.74 Å². The summed E-state index contributed by atoms with van der Waals surface area (Å²) in [5.41, 5.74) is 0. The number of hydrogen-bond acceptors (Lipinski definition) is 1. The number of unbranched alkanes of at least 4 members (excludes halogenated alkanes) is 10. The molecular weight excluding hydrogens is 323 g/mol. The quantitative estimate of drug-likeness (QED) is 0.218. The normalized spacial score (nSPS) is 11.2. The predicted molar refractivity (Wildman–Crippen MR) is 116 cm³/mol. The second kappa shape index (κ2) is 15.7. The molecule has 0 saturated carbocycles. The van der Waals surface area contributed by atoms with E-state index in [2.05, 4.69) is 38.1 Å². The molecule has 0 bridgehead atoms. The van der Waals surface area contributed by atoms with Gasteiger partial charge in [-0.15, -0.1) is 0 Å². The minimum atomic E-state index is 0.0223. The molecule has 0 fully saturated rings. The van der Waals surface area contributed by atoms with Crippen molar-refractivity contribution in [1.82, 2.24) is 0 Å². The van der Waals surface area contributed by atoms with Crippen LogP contribution in [0.5, 0.6) is 5.75 Å². The molecule has 144 valence electrons. The summed E-state index contributed by atoms with van der Waals surface area (Å²) in [5.74, 6) is 0.984. The third-order valence-electron chi connectivity index (χ3n) is 5.00. The van der Waals surface area contributed by atoms with Gasteiger partial charge in [0, 0.05) is 0 Å². The molecule has 0 N–H and O–H groups in total. The molecule has 1 rings (SSSR count). The summed E-state index contributed by atoms with van der Waals surface area (Å²) in [6.07, 6.45) is 19.7. The fraction of sp³-hybridized carbons (Fsp3) is 0.739. The Hall–Kier alpha value is -0.550. The number of ether oxygens (including phenoxy) is 1. The van der Waals surface area contributed by atoms with E-state index in [4.69, 9.17) is 4.74 Å². The van der Waals surface area contributed by atoms with Gasteiger partial charge in [0.15, 0.2) is 0 Å². The molecule has 1 aromatic carbocycles. The van der Waals surface area contributed by atoms with Crippen molar-refractivity contribution in [2.45, 2.75) is 90.9 Å². The Morgan fingerprint density at radius 3 is 1.52 bits per heavy atom. The standard InChI is InChI=1S/C23H41OP/c1-4-6-8-10-12-14-20-25(21-15-13-11-9-7-5-2)23-18-16-22(24-3)17-19-23/h16-19H,4-15,20-21H2,1-3H3. The highest BCUT2D eigenvalue weighted by atomic mass is 31.1. The Labute approximate surface area is 158 Å². The van der Waals surface area contributed by atoms with Gasteiger partial charge in [-0.3, -0.25) is 0 Å². The molecule has 0 radical (unpaired) electrons. The van der Waals surface area contributed by atoms with Crippen molar-refractivity contribution in [2.75, 3.05) is 19.4 Å². The molecule has 25 heavy (non-hydrogen) atoms. The first kappa shape index (κ1) is 22.5. The average Bonchev–Trinajstić information content (AvgIpc) is 2.65. The molecule has 0 aliphatic heterocycles. The summed E-state index contributed by atoms with van der Waals surface area (Å²) in [7, 11) is 1.78. The third-order valence-corrected chi connectivity index (χ3v) is 7.74. The monoisotopic (exact) mass is 364 g/mol. The summed E-state index contributed by atoms with van der Waals surface area (Å²) < 4.78 is 5.33. The molecule has 0 heterocycles. The highest BCUT2D eigenvalue weighted by molar-refractivity contribution is 7.65. The van der Waals surface area contributed by atoms with Gasteiger partial charge in [0.25, 0.3) is 0 Å². The van der Waals surface area contributed by atoms with E-state index in [9.17, 15) is 0 Å². The lowest BCUT2D eigenvalue weighted by atomic mass is 10.1. The zero-order chi connectivity index (χ0) is 18.2. The van der Waals surface area contributed by atoms with Crippen LogP contribution in [0.15, 0.2) is 24.3 Å². The van der Waals surface area contributed by atoms with Crippen LogP contribution in [-0.2, 0) is 0 Å². The zero-order valence-corrected chi connectivity index (χ0v) is 18.0. The van der Waals surface area contributed by atoms with Crippen LogP contribution in [0.1, 0.15) is 90.9 Å². The molecule has 1 nitrogen and oxygen atoms in total. The van der Waals surface area contributed by atoms with Crippen LogP contribution < -0.4 is 10.0 Å². The number of benzene rings is 1. The van der Waals surface area contributed by atoms with Crippen molar-refractivity contribution in [3.05, 3.63) is 24.3 Å². The van der Waals surface area contributed by atoms with Crippen LogP contribution in [0.2, 0.25) is 0 Å². The van der Waals surface area contributed by atoms with Gasteiger partial charge in [0.1, 0.15) is 5.75 Å². The third kappa shape index (κ3) is 10.9. The zero-order valence-electron chi connectivity index (χ0n) is 17.1. The van der Waals surface area contributed by atoms with E-state index in [1.54, 1.807) is 12.4 Å². The Balaban J connectivity index is 2.39. The smallest absolute Gasteiger partial charge is 0.118 e. The molecule has 2 heteroatoms. The van der Waals surface area contributed by atoms with Crippen LogP contribution in [0.4, 0.5) is 0 Å². The molecule has 0 atom stereocenters. The van der Waals surface area contributed by atoms with E-state index < -0.39 is 0 Å². The predicted octanol–water partition coefficient (Wildman–Crippen LogP) is 7.52. The first-order valence-electron chi connectivity index (χ1n) is 10.7. The SMILES string of the molecule is CCCCCCCCP(CCCCCCCC)c1ccc(OC)cc1. The van der Waals surface area contributed by atoms with Gasteiger partial charge in [-0.1, -0.05) is 98.1 Å². The fourth-order valence-corrected chi connectivity index (χ4v) is 5.85. The Morgan fingerprint density at radius 2 is 1.08 bits per heavy atom. The van der Waals surface area contributed by atoms with Gasteiger partial charge >= 0.3 is 0 Å². The number of methoxy groups -OCH3 is 1. The topological polar surface area (TPSA) is 9.23 Å². The van der Waals surface area contributed by atoms with Crippen LogP contribution >= 0.6 is 7.92 Å². The second-order valence-corrected chi connectivity index (χ2v) is 9.71. The highest BCUT2D eigenvalue weighted by Crippen LogP contribution is 2.37. The molecule has 0 amide bonds. The minimum Gasteiger partial charge on any atom is -0.497 e. The van der Waals surface area contributed by atoms with Gasteiger partial charge in [-0.05, 0) is 42.6 Å². The van der Waals surface area contributed by atoms with Crippen LogP contribution in [-0.4, -0.2) is 19.4 Å². The maximum Gasteiger partial charge on any atom is 0.118 e. The van der Waals surface area contributed by atoms with Gasteiger partial charge in [-0.2, -0.15) is 0 Å². The highest BCUT2D eigenvalue weighted by Gasteiger charge is 2.11. The van der Waals surface area contributed by atoms with Crippen molar-refractivity contribution >= 4 is 13.2 Å². The van der Waals surface area contributed by atoms with Crippen molar-refractivity contribution in [1.29, 1.82) is 0 Å². The molecular formula is C23H41OP. The largest absolute Gasteiger partial charge is 0.497 e. The number of rotatable bonds is 16. The summed E-state index contributed by atoms with van der Waals surface area (Å²) in [6.45, 7) is 4.59. The molecule has 0 aliphatic carbocycles. The van der Waals surface area contributed by atoms with E-state index in [0.29, 0.717) is 0 Å². The summed E-state index contributed by atoms with van der Waals surface area (Å²) in [4.78, 5) is 0.